The van der Waals surface area contributed by atoms with Gasteiger partial charge < -0.3 is 0 Å². The van der Waals surface area contributed by atoms with Crippen LogP contribution in [0.5, 0.6) is 0 Å². The van der Waals surface area contributed by atoms with Crippen LogP contribution in [0, 0.1) is 0 Å². The summed E-state index contributed by atoms with van der Waals surface area (Å²) in [5.41, 5.74) is 0.962. The van der Waals surface area contributed by atoms with Crippen LogP contribution >= 0.6 is 0 Å². The maximum Gasteiger partial charge on any atom is 0.248 e. The first-order valence-electron chi connectivity index (χ1n) is 5.93. The van der Waals surface area contributed by atoms with Crippen molar-refractivity contribution in [2.75, 3.05) is 6.54 Å². The Morgan fingerprint density at radius 1 is 1.12 bits per heavy atom. The SMILES string of the molecule is O=C1NC(=O)[C@@H](c2ccccc2)N2CCC[C@@H]12. The second-order valence-electron chi connectivity index (χ2n) is 4.56. The summed E-state index contributed by atoms with van der Waals surface area (Å²) in [6, 6.07) is 9.22. The van der Waals surface area contributed by atoms with Gasteiger partial charge in [0.25, 0.3) is 0 Å². The number of carbonyl (C=O) groups excluding carboxylic acids is 2. The lowest BCUT2D eigenvalue weighted by Crippen LogP contribution is -2.56. The zero-order valence-electron chi connectivity index (χ0n) is 9.43. The minimum atomic E-state index is -0.304. The van der Waals surface area contributed by atoms with Crippen LogP contribution in [-0.2, 0) is 9.59 Å². The zero-order valence-corrected chi connectivity index (χ0v) is 9.43. The molecule has 0 unspecified atom stereocenters. The average molecular weight is 230 g/mol. The first-order chi connectivity index (χ1) is 8.27. The van der Waals surface area contributed by atoms with Crippen molar-refractivity contribution in [1.29, 1.82) is 0 Å². The highest BCUT2D eigenvalue weighted by atomic mass is 16.2. The first-order valence-corrected chi connectivity index (χ1v) is 5.93. The highest BCUT2D eigenvalue weighted by molar-refractivity contribution is 6.03. The molecule has 2 heterocycles. The first kappa shape index (κ1) is 10.5. The van der Waals surface area contributed by atoms with Gasteiger partial charge in [0, 0.05) is 6.54 Å². The van der Waals surface area contributed by atoms with Crippen molar-refractivity contribution in [1.82, 2.24) is 10.2 Å². The highest BCUT2D eigenvalue weighted by Crippen LogP contribution is 2.32. The van der Waals surface area contributed by atoms with Crippen LogP contribution in [0.25, 0.3) is 0 Å². The van der Waals surface area contributed by atoms with E-state index in [0.717, 1.165) is 24.9 Å². The predicted octanol–water partition coefficient (Wildman–Crippen LogP) is 0.848. The van der Waals surface area contributed by atoms with E-state index in [-0.39, 0.29) is 23.9 Å². The molecule has 0 aliphatic carbocycles. The Hall–Kier alpha value is -1.68. The Morgan fingerprint density at radius 2 is 1.88 bits per heavy atom. The largest absolute Gasteiger partial charge is 0.293 e. The third-order valence-corrected chi connectivity index (χ3v) is 3.54. The van der Waals surface area contributed by atoms with Crippen LogP contribution in [-0.4, -0.2) is 29.3 Å². The topological polar surface area (TPSA) is 49.4 Å². The van der Waals surface area contributed by atoms with Gasteiger partial charge in [0.1, 0.15) is 6.04 Å². The Kier molecular flexibility index (Phi) is 2.44. The number of piperazine rings is 1. The molecule has 2 amide bonds. The number of fused-ring (bicyclic) bond motifs is 1. The Bertz CT molecular complexity index is 458. The van der Waals surface area contributed by atoms with Crippen LogP contribution in [0.3, 0.4) is 0 Å². The monoisotopic (exact) mass is 230 g/mol. The molecule has 1 aromatic rings. The molecule has 0 radical (unpaired) electrons. The Labute approximate surface area is 99.6 Å². The normalized spacial score (nSPS) is 28.9. The van der Waals surface area contributed by atoms with Gasteiger partial charge in [-0.2, -0.15) is 0 Å². The fraction of sp³-hybridized carbons (Fsp3) is 0.385. The lowest BCUT2D eigenvalue weighted by molar-refractivity contribution is -0.143. The second kappa shape index (κ2) is 3.96. The molecule has 2 fully saturated rings. The highest BCUT2D eigenvalue weighted by Gasteiger charge is 2.44. The number of hydrogen-bond donors (Lipinski definition) is 1. The summed E-state index contributed by atoms with van der Waals surface area (Å²) < 4.78 is 0. The van der Waals surface area contributed by atoms with E-state index in [1.165, 1.54) is 0 Å². The number of imide groups is 1. The third kappa shape index (κ3) is 1.65. The molecule has 2 saturated heterocycles. The minimum absolute atomic E-state index is 0.127. The van der Waals surface area contributed by atoms with Crippen LogP contribution < -0.4 is 5.32 Å². The maximum atomic E-state index is 12.0. The summed E-state index contributed by atoms with van der Waals surface area (Å²) in [6.07, 6.45) is 1.83. The van der Waals surface area contributed by atoms with E-state index in [1.54, 1.807) is 0 Å². The number of nitrogens with zero attached hydrogens (tertiary/aromatic N) is 1. The molecule has 0 saturated carbocycles. The van der Waals surface area contributed by atoms with E-state index in [1.807, 2.05) is 35.2 Å². The fourth-order valence-corrected chi connectivity index (χ4v) is 2.78. The van der Waals surface area contributed by atoms with Crippen molar-refractivity contribution < 1.29 is 9.59 Å². The summed E-state index contributed by atoms with van der Waals surface area (Å²) >= 11 is 0. The number of rotatable bonds is 1. The summed E-state index contributed by atoms with van der Waals surface area (Å²) in [4.78, 5) is 25.7. The summed E-state index contributed by atoms with van der Waals surface area (Å²) in [6.45, 7) is 0.823. The Balaban J connectivity index is 1.98. The van der Waals surface area contributed by atoms with E-state index in [9.17, 15) is 9.59 Å². The van der Waals surface area contributed by atoms with Gasteiger partial charge in [-0.3, -0.25) is 19.8 Å². The second-order valence-corrected chi connectivity index (χ2v) is 4.56. The molecular formula is C13H14N2O2. The van der Waals surface area contributed by atoms with Gasteiger partial charge in [0.15, 0.2) is 0 Å². The van der Waals surface area contributed by atoms with Gasteiger partial charge in [-0.05, 0) is 18.4 Å². The van der Waals surface area contributed by atoms with Gasteiger partial charge >= 0.3 is 0 Å². The smallest absolute Gasteiger partial charge is 0.248 e. The van der Waals surface area contributed by atoms with Gasteiger partial charge in [-0.25, -0.2) is 0 Å². The van der Waals surface area contributed by atoms with Crippen molar-refractivity contribution in [3.63, 3.8) is 0 Å². The van der Waals surface area contributed by atoms with Crippen LogP contribution in [0.2, 0.25) is 0 Å². The number of carbonyl (C=O) groups is 2. The van der Waals surface area contributed by atoms with Crippen LogP contribution in [0.15, 0.2) is 30.3 Å². The van der Waals surface area contributed by atoms with Crippen molar-refractivity contribution in [2.45, 2.75) is 24.9 Å². The molecule has 2 atom stereocenters. The molecule has 17 heavy (non-hydrogen) atoms. The summed E-state index contributed by atoms with van der Waals surface area (Å²) in [5.74, 6) is -0.334. The number of benzene rings is 1. The zero-order chi connectivity index (χ0) is 11.8. The molecule has 0 spiro atoms. The standard InChI is InChI=1S/C13H14N2O2/c16-12-10-7-4-8-15(10)11(13(17)14-12)9-5-2-1-3-6-9/h1-3,5-6,10-11H,4,7-8H2,(H,14,16,17)/t10-,11+/m0/s1. The molecule has 2 aliphatic rings. The maximum absolute atomic E-state index is 12.0. The molecule has 2 aliphatic heterocycles. The lowest BCUT2D eigenvalue weighted by Gasteiger charge is -2.35. The molecule has 3 rings (SSSR count). The molecule has 4 heteroatoms. The van der Waals surface area contributed by atoms with Gasteiger partial charge in [0.05, 0.1) is 6.04 Å². The number of hydrogen-bond acceptors (Lipinski definition) is 3. The van der Waals surface area contributed by atoms with Crippen molar-refractivity contribution in [2.24, 2.45) is 0 Å². The van der Waals surface area contributed by atoms with Crippen molar-refractivity contribution in [3.8, 4) is 0 Å². The van der Waals surface area contributed by atoms with Crippen molar-refractivity contribution >= 4 is 11.8 Å². The average Bonchev–Trinajstić information content (AvgIpc) is 2.79. The van der Waals surface area contributed by atoms with E-state index in [2.05, 4.69) is 5.32 Å². The molecule has 4 nitrogen and oxygen atoms in total. The molecule has 88 valence electrons. The van der Waals surface area contributed by atoms with Crippen LogP contribution in [0.1, 0.15) is 24.4 Å². The van der Waals surface area contributed by atoms with E-state index < -0.39 is 0 Å². The third-order valence-electron chi connectivity index (χ3n) is 3.54. The van der Waals surface area contributed by atoms with Crippen molar-refractivity contribution in [3.05, 3.63) is 35.9 Å². The summed E-state index contributed by atoms with van der Waals surface area (Å²) in [7, 11) is 0. The van der Waals surface area contributed by atoms with Gasteiger partial charge in [0.2, 0.25) is 11.8 Å². The minimum Gasteiger partial charge on any atom is -0.293 e. The molecule has 0 aromatic heterocycles. The lowest BCUT2D eigenvalue weighted by atomic mass is 10.0. The predicted molar refractivity (Wildman–Crippen MR) is 62.1 cm³/mol. The molecule has 0 bridgehead atoms. The molecule has 1 aromatic carbocycles. The molecular weight excluding hydrogens is 216 g/mol. The van der Waals surface area contributed by atoms with Crippen LogP contribution in [0.4, 0.5) is 0 Å². The Morgan fingerprint density at radius 3 is 2.65 bits per heavy atom. The quantitative estimate of drug-likeness (QED) is 0.728. The summed E-state index contributed by atoms with van der Waals surface area (Å²) in [5, 5.41) is 2.48. The van der Waals surface area contributed by atoms with E-state index in [4.69, 9.17) is 0 Å². The molecule has 1 N–H and O–H groups in total. The number of amides is 2. The van der Waals surface area contributed by atoms with E-state index in [0.29, 0.717) is 0 Å². The number of nitrogens with one attached hydrogen (secondary N) is 1. The van der Waals surface area contributed by atoms with Gasteiger partial charge in [-0.15, -0.1) is 0 Å². The van der Waals surface area contributed by atoms with Gasteiger partial charge in [-0.1, -0.05) is 30.3 Å². The fourth-order valence-electron chi connectivity index (χ4n) is 2.78. The van der Waals surface area contributed by atoms with E-state index >= 15 is 0 Å².